The Balaban J connectivity index is 2.16. The van der Waals surface area contributed by atoms with E-state index in [2.05, 4.69) is 18.7 Å². The molecule has 2 aromatic rings. The fraction of sp³-hybridized carbons (Fsp3) is 0.480. The summed E-state index contributed by atoms with van der Waals surface area (Å²) < 4.78 is 28.7. The summed E-state index contributed by atoms with van der Waals surface area (Å²) in [6.45, 7) is 4.99. The van der Waals surface area contributed by atoms with Crippen LogP contribution >= 0.6 is 22.4 Å². The van der Waals surface area contributed by atoms with E-state index in [1.807, 2.05) is 42.5 Å². The van der Waals surface area contributed by atoms with Crippen LogP contribution in [0.1, 0.15) is 45.1 Å². The molecule has 3 rings (SSSR count). The standard InChI is InChI=1S/C25H35NO5S2/c1-4-6-12-25(5-2)17-26(20-10-8-7-9-11-20)21-14-22(31-3)19(15-32-16-24(27)28)13-23(21)33(29,30)18-25/h7-11,13-14,29-30H,4-6,12,15-18H2,1-3H3,(H,27,28). The molecule has 182 valence electrons. The van der Waals surface area contributed by atoms with Crippen LogP contribution < -0.4 is 9.64 Å². The Kier molecular flexibility index (Phi) is 8.61. The van der Waals surface area contributed by atoms with Crippen LogP contribution in [0.2, 0.25) is 0 Å². The van der Waals surface area contributed by atoms with Gasteiger partial charge in [-0.15, -0.1) is 11.8 Å². The van der Waals surface area contributed by atoms with Gasteiger partial charge >= 0.3 is 5.97 Å². The molecule has 1 heterocycles. The van der Waals surface area contributed by atoms with Crippen molar-refractivity contribution in [1.29, 1.82) is 0 Å². The van der Waals surface area contributed by atoms with Crippen molar-refractivity contribution in [2.24, 2.45) is 5.41 Å². The first kappa shape index (κ1) is 25.7. The molecule has 0 aromatic heterocycles. The second-order valence-corrected chi connectivity index (χ2v) is 11.8. The number of thioether (sulfide) groups is 1. The predicted octanol–water partition coefficient (Wildman–Crippen LogP) is 6.86. The lowest BCUT2D eigenvalue weighted by atomic mass is 9.81. The molecular weight excluding hydrogens is 458 g/mol. The fourth-order valence-electron chi connectivity index (χ4n) is 4.52. The molecule has 0 spiro atoms. The fourth-order valence-corrected chi connectivity index (χ4v) is 7.52. The number of anilines is 2. The summed E-state index contributed by atoms with van der Waals surface area (Å²) in [5, 5.41) is 9.01. The topological polar surface area (TPSA) is 90.2 Å². The van der Waals surface area contributed by atoms with Crippen LogP contribution in [0.5, 0.6) is 5.75 Å². The van der Waals surface area contributed by atoms with Gasteiger partial charge in [0.05, 0.1) is 23.4 Å². The maximum Gasteiger partial charge on any atom is 0.313 e. The molecule has 0 saturated carbocycles. The molecule has 0 bridgehead atoms. The third-order valence-corrected chi connectivity index (χ3v) is 9.38. The number of para-hydroxylation sites is 1. The summed E-state index contributed by atoms with van der Waals surface area (Å²) >= 11 is 1.27. The number of hydrogen-bond acceptors (Lipinski definition) is 6. The van der Waals surface area contributed by atoms with Crippen molar-refractivity contribution in [3.8, 4) is 5.75 Å². The van der Waals surface area contributed by atoms with E-state index < -0.39 is 16.6 Å². The van der Waals surface area contributed by atoms with Gasteiger partial charge in [-0.25, -0.2) is 0 Å². The van der Waals surface area contributed by atoms with E-state index in [-0.39, 0.29) is 11.2 Å². The SMILES string of the molecule is CCCCC1(CC)CN(c2ccccc2)c2cc(OC)c(CSCC(=O)O)cc2S(O)(O)C1. The van der Waals surface area contributed by atoms with E-state index in [4.69, 9.17) is 9.84 Å². The van der Waals surface area contributed by atoms with Crippen LogP contribution in [0.15, 0.2) is 47.4 Å². The molecule has 0 amide bonds. The minimum absolute atomic E-state index is 0.0252. The normalized spacial score (nSPS) is 20.6. The number of methoxy groups -OCH3 is 1. The molecule has 2 aromatic carbocycles. The van der Waals surface area contributed by atoms with Gasteiger partial charge in [-0.2, -0.15) is 10.6 Å². The van der Waals surface area contributed by atoms with E-state index in [9.17, 15) is 13.9 Å². The Morgan fingerprint density at radius 1 is 1.21 bits per heavy atom. The van der Waals surface area contributed by atoms with Gasteiger partial charge in [-0.05, 0) is 31.0 Å². The molecule has 1 aliphatic rings. The van der Waals surface area contributed by atoms with Crippen molar-refractivity contribution < 1.29 is 23.7 Å². The lowest BCUT2D eigenvalue weighted by Crippen LogP contribution is -2.37. The average molecular weight is 494 g/mol. The van der Waals surface area contributed by atoms with Gasteiger partial charge in [-0.3, -0.25) is 13.9 Å². The summed E-state index contributed by atoms with van der Waals surface area (Å²) in [5.74, 6) is 0.458. The third-order valence-electron chi connectivity index (χ3n) is 6.37. The number of unbranched alkanes of at least 4 members (excludes halogenated alkanes) is 1. The number of rotatable bonds is 10. The smallest absolute Gasteiger partial charge is 0.313 e. The second kappa shape index (κ2) is 11.0. The highest BCUT2D eigenvalue weighted by Crippen LogP contribution is 2.61. The number of ether oxygens (including phenoxy) is 1. The number of hydrogen-bond donors (Lipinski definition) is 3. The summed E-state index contributed by atoms with van der Waals surface area (Å²) in [4.78, 5) is 13.7. The van der Waals surface area contributed by atoms with E-state index in [1.165, 1.54) is 11.8 Å². The molecule has 0 aliphatic carbocycles. The first-order valence-electron chi connectivity index (χ1n) is 11.3. The molecule has 3 N–H and O–H groups in total. The molecule has 33 heavy (non-hydrogen) atoms. The Labute approximate surface area is 202 Å². The summed E-state index contributed by atoms with van der Waals surface area (Å²) in [7, 11) is -1.49. The average Bonchev–Trinajstić information content (AvgIpc) is 2.90. The lowest BCUT2D eigenvalue weighted by Gasteiger charge is -2.41. The van der Waals surface area contributed by atoms with Crippen molar-refractivity contribution in [2.75, 3.05) is 30.1 Å². The summed E-state index contributed by atoms with van der Waals surface area (Å²) in [6.07, 6.45) is 3.85. The molecule has 1 atom stereocenters. The van der Waals surface area contributed by atoms with Crippen LogP contribution in [0.25, 0.3) is 0 Å². The van der Waals surface area contributed by atoms with Crippen LogP contribution in [0.4, 0.5) is 11.4 Å². The van der Waals surface area contributed by atoms with Gasteiger partial charge in [0, 0.05) is 40.8 Å². The highest BCUT2D eigenvalue weighted by molar-refractivity contribution is 8.24. The predicted molar refractivity (Wildman–Crippen MR) is 138 cm³/mol. The Bertz CT molecular complexity index is 953. The quantitative estimate of drug-likeness (QED) is 0.333. The zero-order chi connectivity index (χ0) is 24.1. The zero-order valence-electron chi connectivity index (χ0n) is 19.6. The lowest BCUT2D eigenvalue weighted by molar-refractivity contribution is -0.133. The maximum absolute atomic E-state index is 11.5. The van der Waals surface area contributed by atoms with Gasteiger partial charge in [0.15, 0.2) is 0 Å². The van der Waals surface area contributed by atoms with Gasteiger partial charge in [0.2, 0.25) is 0 Å². The minimum Gasteiger partial charge on any atom is -0.496 e. The monoisotopic (exact) mass is 493 g/mol. The number of aliphatic carboxylic acids is 1. The van der Waals surface area contributed by atoms with Gasteiger partial charge in [-0.1, -0.05) is 44.9 Å². The number of carboxylic acid groups (broad SMARTS) is 1. The van der Waals surface area contributed by atoms with E-state index in [0.717, 1.165) is 42.6 Å². The van der Waals surface area contributed by atoms with Crippen molar-refractivity contribution in [3.63, 3.8) is 0 Å². The first-order chi connectivity index (χ1) is 15.7. The van der Waals surface area contributed by atoms with E-state index in [1.54, 1.807) is 7.11 Å². The molecule has 1 aliphatic heterocycles. The number of nitrogens with zero attached hydrogens (tertiary/aromatic N) is 1. The van der Waals surface area contributed by atoms with Crippen molar-refractivity contribution in [2.45, 2.75) is 50.2 Å². The van der Waals surface area contributed by atoms with Crippen LogP contribution in [-0.4, -0.2) is 45.3 Å². The van der Waals surface area contributed by atoms with Crippen molar-refractivity contribution in [3.05, 3.63) is 48.0 Å². The van der Waals surface area contributed by atoms with Gasteiger partial charge < -0.3 is 14.7 Å². The zero-order valence-corrected chi connectivity index (χ0v) is 21.3. The highest BCUT2D eigenvalue weighted by atomic mass is 32.3. The second-order valence-electron chi connectivity index (χ2n) is 8.71. The van der Waals surface area contributed by atoms with E-state index in [0.29, 0.717) is 28.7 Å². The molecule has 0 saturated heterocycles. The molecule has 6 nitrogen and oxygen atoms in total. The van der Waals surface area contributed by atoms with Crippen molar-refractivity contribution in [1.82, 2.24) is 0 Å². The van der Waals surface area contributed by atoms with Crippen LogP contribution in [0.3, 0.4) is 0 Å². The molecule has 1 unspecified atom stereocenters. The molecule has 8 heteroatoms. The van der Waals surface area contributed by atoms with Gasteiger partial charge in [0.25, 0.3) is 0 Å². The van der Waals surface area contributed by atoms with E-state index >= 15 is 0 Å². The highest BCUT2D eigenvalue weighted by Gasteiger charge is 2.42. The summed E-state index contributed by atoms with van der Waals surface area (Å²) in [5.41, 5.74) is 2.28. The largest absolute Gasteiger partial charge is 0.496 e. The van der Waals surface area contributed by atoms with Crippen LogP contribution in [-0.2, 0) is 10.5 Å². The Morgan fingerprint density at radius 3 is 2.55 bits per heavy atom. The molecule has 0 radical (unpaired) electrons. The molecule has 0 fully saturated rings. The Hall–Kier alpha value is -1.87. The third kappa shape index (κ3) is 5.98. The van der Waals surface area contributed by atoms with Crippen LogP contribution in [0, 0.1) is 5.41 Å². The molecular formula is C25H35NO5S2. The van der Waals surface area contributed by atoms with Gasteiger partial charge in [0.1, 0.15) is 5.75 Å². The summed E-state index contributed by atoms with van der Waals surface area (Å²) in [6, 6.07) is 13.8. The number of fused-ring (bicyclic) bond motifs is 1. The Morgan fingerprint density at radius 2 is 1.94 bits per heavy atom. The minimum atomic E-state index is -3.08. The van der Waals surface area contributed by atoms with Crippen molar-refractivity contribution >= 4 is 39.7 Å². The first-order valence-corrected chi connectivity index (χ1v) is 14.2. The number of carbonyl (C=O) groups is 1. The number of benzene rings is 2. The number of carboxylic acids is 1. The maximum atomic E-state index is 11.5.